The first-order valence-electron chi connectivity index (χ1n) is 6.91. The molecule has 9 nitrogen and oxygen atoms in total. The van der Waals surface area contributed by atoms with E-state index >= 15 is 0 Å². The van der Waals surface area contributed by atoms with E-state index in [1.54, 1.807) is 6.92 Å². The molecule has 0 unspecified atom stereocenters. The predicted octanol–water partition coefficient (Wildman–Crippen LogP) is 1.25. The summed E-state index contributed by atoms with van der Waals surface area (Å²) in [5.41, 5.74) is 4.06. The van der Waals surface area contributed by atoms with E-state index < -0.39 is 28.6 Å². The molecule has 0 aromatic heterocycles. The van der Waals surface area contributed by atoms with Crippen LogP contribution in [-0.2, 0) is 9.59 Å². The molecule has 124 valence electrons. The first-order chi connectivity index (χ1) is 10.8. The minimum absolute atomic E-state index is 0.0245. The monoisotopic (exact) mass is 323 g/mol. The molecule has 0 aliphatic heterocycles. The number of carbonyl (C=O) groups excluding carboxylic acids is 2. The van der Waals surface area contributed by atoms with E-state index in [0.29, 0.717) is 6.42 Å². The summed E-state index contributed by atoms with van der Waals surface area (Å²) in [7, 11) is 0. The van der Waals surface area contributed by atoms with Crippen molar-refractivity contribution in [2.45, 2.75) is 26.2 Å². The smallest absolute Gasteiger partial charge is 0.306 e. The molecule has 0 saturated carbocycles. The van der Waals surface area contributed by atoms with E-state index in [1.807, 2.05) is 0 Å². The second kappa shape index (κ2) is 8.47. The van der Waals surface area contributed by atoms with Crippen molar-refractivity contribution in [3.05, 3.63) is 39.9 Å². The maximum Gasteiger partial charge on any atom is 0.306 e. The number of nitrogens with one attached hydrogen (secondary N) is 2. The van der Waals surface area contributed by atoms with Crippen LogP contribution in [0.25, 0.3) is 0 Å². The number of carboxylic acid groups (broad SMARTS) is 1. The number of nitrogens with zero attached hydrogens (tertiary/aromatic N) is 1. The Hall–Kier alpha value is -2.97. The topological polar surface area (TPSA) is 139 Å². The Balaban J connectivity index is 2.49. The number of rotatable bonds is 7. The Morgan fingerprint density at radius 2 is 2.00 bits per heavy atom. The van der Waals surface area contributed by atoms with Gasteiger partial charge >= 0.3 is 5.97 Å². The summed E-state index contributed by atoms with van der Waals surface area (Å²) >= 11 is 0. The van der Waals surface area contributed by atoms with Crippen molar-refractivity contribution in [2.75, 3.05) is 0 Å². The van der Waals surface area contributed by atoms with Crippen LogP contribution in [0.3, 0.4) is 0 Å². The number of hydrogen-bond donors (Lipinski definition) is 3. The molecule has 0 aliphatic carbocycles. The number of carbonyl (C=O) groups is 3. The van der Waals surface area contributed by atoms with Gasteiger partial charge in [-0.3, -0.25) is 35.3 Å². The first kappa shape index (κ1) is 18.1. The number of hydrogen-bond acceptors (Lipinski definition) is 5. The fraction of sp³-hybridized carbons (Fsp3) is 0.357. The molecule has 2 amide bonds. The van der Waals surface area contributed by atoms with Crippen LogP contribution in [0.5, 0.6) is 0 Å². The summed E-state index contributed by atoms with van der Waals surface area (Å²) < 4.78 is 0. The zero-order valence-corrected chi connectivity index (χ0v) is 12.4. The van der Waals surface area contributed by atoms with Crippen LogP contribution in [0.2, 0.25) is 0 Å². The lowest BCUT2D eigenvalue weighted by Gasteiger charge is -2.10. The van der Waals surface area contributed by atoms with Crippen molar-refractivity contribution in [1.82, 2.24) is 10.9 Å². The van der Waals surface area contributed by atoms with E-state index in [0.717, 1.165) is 6.07 Å². The Kier molecular flexibility index (Phi) is 6.66. The zero-order valence-electron chi connectivity index (χ0n) is 12.4. The number of benzene rings is 1. The number of amides is 2. The third-order valence-corrected chi connectivity index (χ3v) is 3.20. The number of hydrazine groups is 1. The van der Waals surface area contributed by atoms with Gasteiger partial charge < -0.3 is 5.11 Å². The molecular formula is C14H17N3O6. The Labute approximate surface area is 131 Å². The van der Waals surface area contributed by atoms with Gasteiger partial charge in [0.05, 0.1) is 10.8 Å². The highest BCUT2D eigenvalue weighted by Gasteiger charge is 2.17. The van der Waals surface area contributed by atoms with Gasteiger partial charge in [-0.15, -0.1) is 0 Å². The Bertz CT molecular complexity index is 616. The van der Waals surface area contributed by atoms with Crippen LogP contribution in [0, 0.1) is 16.0 Å². The third kappa shape index (κ3) is 5.73. The van der Waals surface area contributed by atoms with Gasteiger partial charge in [-0.2, -0.15) is 0 Å². The van der Waals surface area contributed by atoms with Gasteiger partial charge in [0.15, 0.2) is 0 Å². The number of nitro groups is 1. The van der Waals surface area contributed by atoms with Crippen LogP contribution in [0.15, 0.2) is 24.3 Å². The van der Waals surface area contributed by atoms with Crippen LogP contribution in [0.1, 0.15) is 36.5 Å². The standard InChI is InChI=1S/C14H17N3O6/c1-2-9(14(20)21)6-7-12(18)15-16-13(19)10-4-3-5-11(8-10)17(22)23/h3-5,8-9H,2,6-7H2,1H3,(H,15,18)(H,16,19)(H,20,21)/t9-/m1/s1. The highest BCUT2D eigenvalue weighted by Crippen LogP contribution is 2.13. The molecule has 1 rings (SSSR count). The highest BCUT2D eigenvalue weighted by molar-refractivity contribution is 5.95. The average molecular weight is 323 g/mol. The van der Waals surface area contributed by atoms with Gasteiger partial charge in [0, 0.05) is 24.1 Å². The van der Waals surface area contributed by atoms with Crippen molar-refractivity contribution in [3.63, 3.8) is 0 Å². The maximum atomic E-state index is 11.8. The van der Waals surface area contributed by atoms with Gasteiger partial charge in [-0.05, 0) is 18.9 Å². The predicted molar refractivity (Wildman–Crippen MR) is 79.4 cm³/mol. The largest absolute Gasteiger partial charge is 0.481 e. The molecular weight excluding hydrogens is 306 g/mol. The van der Waals surface area contributed by atoms with E-state index in [-0.39, 0.29) is 24.1 Å². The molecule has 0 spiro atoms. The number of aliphatic carboxylic acids is 1. The first-order valence-corrected chi connectivity index (χ1v) is 6.91. The molecule has 3 N–H and O–H groups in total. The zero-order chi connectivity index (χ0) is 17.4. The van der Waals surface area contributed by atoms with Gasteiger partial charge in [-0.1, -0.05) is 13.0 Å². The van der Waals surface area contributed by atoms with Gasteiger partial charge in [0.25, 0.3) is 11.6 Å². The SMILES string of the molecule is CC[C@H](CCC(=O)NNC(=O)c1cccc([N+](=O)[O-])c1)C(=O)O. The fourth-order valence-corrected chi connectivity index (χ4v) is 1.83. The Morgan fingerprint density at radius 3 is 2.57 bits per heavy atom. The summed E-state index contributed by atoms with van der Waals surface area (Å²) in [5.74, 6) is -2.83. The van der Waals surface area contributed by atoms with Crippen LogP contribution >= 0.6 is 0 Å². The molecule has 23 heavy (non-hydrogen) atoms. The molecule has 0 aliphatic rings. The quantitative estimate of drug-likeness (QED) is 0.510. The molecule has 9 heteroatoms. The molecule has 1 aromatic rings. The average Bonchev–Trinajstić information content (AvgIpc) is 2.52. The molecule has 0 heterocycles. The van der Waals surface area contributed by atoms with Gasteiger partial charge in [0.2, 0.25) is 5.91 Å². The lowest BCUT2D eigenvalue weighted by molar-refractivity contribution is -0.384. The molecule has 0 saturated heterocycles. The van der Waals surface area contributed by atoms with Crippen LogP contribution in [-0.4, -0.2) is 27.8 Å². The van der Waals surface area contributed by atoms with Gasteiger partial charge in [0.1, 0.15) is 0 Å². The fourth-order valence-electron chi connectivity index (χ4n) is 1.83. The lowest BCUT2D eigenvalue weighted by atomic mass is 10.0. The highest BCUT2D eigenvalue weighted by atomic mass is 16.6. The third-order valence-electron chi connectivity index (χ3n) is 3.20. The van der Waals surface area contributed by atoms with E-state index in [2.05, 4.69) is 10.9 Å². The normalized spacial score (nSPS) is 11.3. The van der Waals surface area contributed by atoms with Crippen LogP contribution < -0.4 is 10.9 Å². The summed E-state index contributed by atoms with van der Waals surface area (Å²) in [5, 5.41) is 19.5. The Morgan fingerprint density at radius 1 is 1.30 bits per heavy atom. The summed E-state index contributed by atoms with van der Waals surface area (Å²) in [6, 6.07) is 5.05. The van der Waals surface area contributed by atoms with Crippen molar-refractivity contribution in [2.24, 2.45) is 5.92 Å². The molecule has 0 fully saturated rings. The second-order valence-corrected chi connectivity index (χ2v) is 4.79. The van der Waals surface area contributed by atoms with Crippen LogP contribution in [0.4, 0.5) is 5.69 Å². The number of nitro benzene ring substituents is 1. The van der Waals surface area contributed by atoms with E-state index in [1.165, 1.54) is 18.2 Å². The summed E-state index contributed by atoms with van der Waals surface area (Å²) in [6.45, 7) is 1.71. The van der Waals surface area contributed by atoms with E-state index in [9.17, 15) is 24.5 Å². The lowest BCUT2D eigenvalue weighted by Crippen LogP contribution is -2.41. The van der Waals surface area contributed by atoms with Gasteiger partial charge in [-0.25, -0.2) is 0 Å². The van der Waals surface area contributed by atoms with Crippen molar-refractivity contribution < 1.29 is 24.4 Å². The minimum Gasteiger partial charge on any atom is -0.481 e. The van der Waals surface area contributed by atoms with E-state index in [4.69, 9.17) is 5.11 Å². The summed E-state index contributed by atoms with van der Waals surface area (Å²) in [4.78, 5) is 44.2. The summed E-state index contributed by atoms with van der Waals surface area (Å²) in [6.07, 6.45) is 0.507. The molecule has 1 aromatic carbocycles. The van der Waals surface area contributed by atoms with Crippen molar-refractivity contribution in [1.29, 1.82) is 0 Å². The molecule has 1 atom stereocenters. The number of carboxylic acids is 1. The molecule has 0 bridgehead atoms. The van der Waals surface area contributed by atoms with Crippen molar-refractivity contribution >= 4 is 23.5 Å². The maximum absolute atomic E-state index is 11.8. The molecule has 0 radical (unpaired) electrons. The number of non-ortho nitro benzene ring substituents is 1. The minimum atomic E-state index is -0.971. The van der Waals surface area contributed by atoms with Crippen molar-refractivity contribution in [3.8, 4) is 0 Å². The second-order valence-electron chi connectivity index (χ2n) is 4.79.